The zero-order valence-electron chi connectivity index (χ0n) is 11.3. The van der Waals surface area contributed by atoms with E-state index in [9.17, 15) is 0 Å². The van der Waals surface area contributed by atoms with Crippen LogP contribution in [-0.4, -0.2) is 6.04 Å². The first-order valence-electron chi connectivity index (χ1n) is 7.24. The van der Waals surface area contributed by atoms with Crippen molar-refractivity contribution in [2.24, 2.45) is 0 Å². The van der Waals surface area contributed by atoms with Crippen LogP contribution in [0.5, 0.6) is 0 Å². The van der Waals surface area contributed by atoms with Crippen molar-refractivity contribution in [1.82, 2.24) is 5.32 Å². The van der Waals surface area contributed by atoms with Crippen LogP contribution in [0.25, 0.3) is 0 Å². The summed E-state index contributed by atoms with van der Waals surface area (Å²) >= 11 is 3.61. The molecule has 0 bridgehead atoms. The van der Waals surface area contributed by atoms with Crippen molar-refractivity contribution in [1.29, 1.82) is 0 Å². The van der Waals surface area contributed by atoms with Gasteiger partial charge in [-0.2, -0.15) is 0 Å². The standard InChI is InChI=1S/C16H24BrN/c1-13-9-10-14(11-16(13)17)12-18-15-7-5-3-2-4-6-8-15/h9-11,15,18H,2-8,12H2,1H3. The Balaban J connectivity index is 1.83. The Kier molecular flexibility index (Phi) is 5.71. The van der Waals surface area contributed by atoms with Crippen LogP contribution >= 0.6 is 15.9 Å². The van der Waals surface area contributed by atoms with Crippen LogP contribution in [0.3, 0.4) is 0 Å². The molecule has 0 atom stereocenters. The Hall–Kier alpha value is -0.340. The molecule has 1 aliphatic rings. The summed E-state index contributed by atoms with van der Waals surface area (Å²) in [7, 11) is 0. The maximum atomic E-state index is 3.73. The average molecular weight is 310 g/mol. The normalized spacial score (nSPS) is 18.3. The van der Waals surface area contributed by atoms with E-state index in [1.807, 2.05) is 0 Å². The van der Waals surface area contributed by atoms with Crippen LogP contribution in [0.2, 0.25) is 0 Å². The van der Waals surface area contributed by atoms with Crippen molar-refractivity contribution in [2.75, 3.05) is 0 Å². The Bertz CT molecular complexity index is 367. The summed E-state index contributed by atoms with van der Waals surface area (Å²) in [5.41, 5.74) is 2.69. The van der Waals surface area contributed by atoms with Gasteiger partial charge in [0.05, 0.1) is 0 Å². The number of nitrogens with one attached hydrogen (secondary N) is 1. The first-order chi connectivity index (χ1) is 8.75. The number of hydrogen-bond acceptors (Lipinski definition) is 1. The smallest absolute Gasteiger partial charge is 0.0208 e. The minimum Gasteiger partial charge on any atom is -0.310 e. The second-order valence-corrected chi connectivity index (χ2v) is 6.36. The minimum absolute atomic E-state index is 0.727. The fraction of sp³-hybridized carbons (Fsp3) is 0.625. The number of aryl methyl sites for hydroxylation is 1. The van der Waals surface area contributed by atoms with Gasteiger partial charge in [-0.25, -0.2) is 0 Å². The van der Waals surface area contributed by atoms with E-state index in [1.54, 1.807) is 0 Å². The lowest BCUT2D eigenvalue weighted by atomic mass is 9.96. The van der Waals surface area contributed by atoms with Gasteiger partial charge in [-0.1, -0.05) is 60.2 Å². The van der Waals surface area contributed by atoms with Gasteiger partial charge in [-0.05, 0) is 37.0 Å². The number of rotatable bonds is 3. The molecule has 1 nitrogen and oxygen atoms in total. The van der Waals surface area contributed by atoms with E-state index in [2.05, 4.69) is 46.4 Å². The lowest BCUT2D eigenvalue weighted by Crippen LogP contribution is -2.29. The zero-order chi connectivity index (χ0) is 12.8. The third-order valence-corrected chi connectivity index (χ3v) is 4.79. The molecule has 1 aliphatic carbocycles. The zero-order valence-corrected chi connectivity index (χ0v) is 12.9. The highest BCUT2D eigenvalue weighted by molar-refractivity contribution is 9.10. The third kappa shape index (κ3) is 4.40. The highest BCUT2D eigenvalue weighted by Crippen LogP contribution is 2.19. The van der Waals surface area contributed by atoms with Gasteiger partial charge < -0.3 is 5.32 Å². The molecule has 100 valence electrons. The molecular weight excluding hydrogens is 286 g/mol. The molecule has 0 heterocycles. The summed E-state index contributed by atoms with van der Waals surface area (Å²) in [6.07, 6.45) is 9.80. The summed E-state index contributed by atoms with van der Waals surface area (Å²) in [5, 5.41) is 3.73. The van der Waals surface area contributed by atoms with Crippen LogP contribution in [0.15, 0.2) is 22.7 Å². The van der Waals surface area contributed by atoms with Gasteiger partial charge in [-0.15, -0.1) is 0 Å². The third-order valence-electron chi connectivity index (χ3n) is 3.94. The average Bonchev–Trinajstić information content (AvgIpc) is 2.32. The van der Waals surface area contributed by atoms with Crippen LogP contribution < -0.4 is 5.32 Å². The fourth-order valence-corrected chi connectivity index (χ4v) is 3.09. The summed E-state index contributed by atoms with van der Waals surface area (Å²) in [5.74, 6) is 0. The second kappa shape index (κ2) is 7.30. The fourth-order valence-electron chi connectivity index (χ4n) is 2.67. The highest BCUT2D eigenvalue weighted by Gasteiger charge is 2.10. The molecule has 1 fully saturated rings. The molecule has 2 heteroatoms. The Morgan fingerprint density at radius 3 is 2.44 bits per heavy atom. The highest BCUT2D eigenvalue weighted by atomic mass is 79.9. The van der Waals surface area contributed by atoms with Gasteiger partial charge in [0.1, 0.15) is 0 Å². The first kappa shape index (κ1) is 14.1. The summed E-state index contributed by atoms with van der Waals surface area (Å²) in [4.78, 5) is 0. The summed E-state index contributed by atoms with van der Waals surface area (Å²) < 4.78 is 1.22. The molecule has 1 N–H and O–H groups in total. The number of halogens is 1. The van der Waals surface area contributed by atoms with Crippen LogP contribution in [0, 0.1) is 6.92 Å². The van der Waals surface area contributed by atoms with Crippen LogP contribution in [0.1, 0.15) is 56.1 Å². The van der Waals surface area contributed by atoms with Crippen molar-refractivity contribution < 1.29 is 0 Å². The number of benzene rings is 1. The molecule has 0 radical (unpaired) electrons. The number of hydrogen-bond donors (Lipinski definition) is 1. The van der Waals surface area contributed by atoms with Crippen molar-refractivity contribution in [3.05, 3.63) is 33.8 Å². The largest absolute Gasteiger partial charge is 0.310 e. The van der Waals surface area contributed by atoms with E-state index in [1.165, 1.54) is 60.5 Å². The van der Waals surface area contributed by atoms with E-state index >= 15 is 0 Å². The molecule has 1 saturated carbocycles. The topological polar surface area (TPSA) is 12.0 Å². The van der Waals surface area contributed by atoms with Gasteiger partial charge >= 0.3 is 0 Å². The van der Waals surface area contributed by atoms with Crippen molar-refractivity contribution in [2.45, 2.75) is 64.5 Å². The quantitative estimate of drug-likeness (QED) is 0.832. The molecule has 2 rings (SSSR count). The maximum absolute atomic E-state index is 3.73. The molecule has 0 spiro atoms. The SMILES string of the molecule is Cc1ccc(CNC2CCCCCCC2)cc1Br. The van der Waals surface area contributed by atoms with Gasteiger partial charge in [-0.3, -0.25) is 0 Å². The second-order valence-electron chi connectivity index (χ2n) is 5.51. The lowest BCUT2D eigenvalue weighted by molar-refractivity contribution is 0.389. The predicted octanol–water partition coefficient (Wildman–Crippen LogP) is 4.96. The Labute approximate surface area is 119 Å². The molecular formula is C16H24BrN. The van der Waals surface area contributed by atoms with E-state index in [0.717, 1.165) is 12.6 Å². The molecule has 0 aromatic heterocycles. The van der Waals surface area contributed by atoms with Gasteiger partial charge in [0, 0.05) is 17.1 Å². The van der Waals surface area contributed by atoms with E-state index in [0.29, 0.717) is 0 Å². The molecule has 0 aliphatic heterocycles. The summed E-state index contributed by atoms with van der Waals surface area (Å²) in [6.45, 7) is 3.14. The minimum atomic E-state index is 0.727. The predicted molar refractivity (Wildman–Crippen MR) is 81.8 cm³/mol. The Morgan fingerprint density at radius 1 is 1.11 bits per heavy atom. The van der Waals surface area contributed by atoms with E-state index < -0.39 is 0 Å². The first-order valence-corrected chi connectivity index (χ1v) is 8.03. The monoisotopic (exact) mass is 309 g/mol. The molecule has 1 aromatic carbocycles. The lowest BCUT2D eigenvalue weighted by Gasteiger charge is -2.21. The van der Waals surface area contributed by atoms with Crippen molar-refractivity contribution in [3.8, 4) is 0 Å². The molecule has 18 heavy (non-hydrogen) atoms. The molecule has 0 unspecified atom stereocenters. The van der Waals surface area contributed by atoms with Gasteiger partial charge in [0.25, 0.3) is 0 Å². The maximum Gasteiger partial charge on any atom is 0.0208 e. The van der Waals surface area contributed by atoms with E-state index in [-0.39, 0.29) is 0 Å². The Morgan fingerprint density at radius 2 is 1.78 bits per heavy atom. The molecule has 0 amide bonds. The summed E-state index contributed by atoms with van der Waals surface area (Å²) in [6, 6.07) is 7.39. The van der Waals surface area contributed by atoms with Crippen LogP contribution in [0.4, 0.5) is 0 Å². The van der Waals surface area contributed by atoms with Crippen molar-refractivity contribution >= 4 is 15.9 Å². The van der Waals surface area contributed by atoms with E-state index in [4.69, 9.17) is 0 Å². The van der Waals surface area contributed by atoms with Crippen molar-refractivity contribution in [3.63, 3.8) is 0 Å². The van der Waals surface area contributed by atoms with Gasteiger partial charge in [0.15, 0.2) is 0 Å². The molecule has 0 saturated heterocycles. The molecule has 1 aromatic rings. The van der Waals surface area contributed by atoms with Gasteiger partial charge in [0.2, 0.25) is 0 Å². The van der Waals surface area contributed by atoms with Crippen LogP contribution in [-0.2, 0) is 6.54 Å².